The maximum absolute atomic E-state index is 12.3. The van der Waals surface area contributed by atoms with Gasteiger partial charge in [-0.05, 0) is 37.5 Å². The molecule has 0 radical (unpaired) electrons. The standard InChI is InChI=1S/C18H14N2O5/c21-16-13-6-1-2-7-14(13)17(22)20(16)25-18(23)11-8-9-19-15(10-11)24-12-4-3-5-12/h1-2,6-10,12H,3-5H2. The first kappa shape index (κ1) is 15.3. The maximum Gasteiger partial charge on any atom is 0.364 e. The Morgan fingerprint density at radius 2 is 1.76 bits per heavy atom. The summed E-state index contributed by atoms with van der Waals surface area (Å²) in [6.07, 6.45) is 4.59. The summed E-state index contributed by atoms with van der Waals surface area (Å²) in [6.45, 7) is 0. The van der Waals surface area contributed by atoms with E-state index in [0.29, 0.717) is 10.9 Å². The predicted molar refractivity (Wildman–Crippen MR) is 84.9 cm³/mol. The fourth-order valence-corrected chi connectivity index (χ4v) is 2.65. The number of hydroxylamine groups is 2. The van der Waals surface area contributed by atoms with Crippen LogP contribution in [-0.2, 0) is 4.84 Å². The number of carbonyl (C=O) groups is 3. The van der Waals surface area contributed by atoms with Crippen LogP contribution in [0.3, 0.4) is 0 Å². The van der Waals surface area contributed by atoms with Crippen LogP contribution in [0.4, 0.5) is 0 Å². The molecule has 0 atom stereocenters. The van der Waals surface area contributed by atoms with E-state index in [9.17, 15) is 14.4 Å². The van der Waals surface area contributed by atoms with Crippen LogP contribution in [0.15, 0.2) is 42.6 Å². The van der Waals surface area contributed by atoms with E-state index < -0.39 is 17.8 Å². The lowest BCUT2D eigenvalue weighted by Crippen LogP contribution is -2.32. The van der Waals surface area contributed by atoms with E-state index in [4.69, 9.17) is 9.57 Å². The number of amides is 2. The summed E-state index contributed by atoms with van der Waals surface area (Å²) in [5, 5.41) is 0.486. The summed E-state index contributed by atoms with van der Waals surface area (Å²) in [7, 11) is 0. The fraction of sp³-hybridized carbons (Fsp3) is 0.222. The molecular formula is C18H14N2O5. The molecule has 2 aliphatic rings. The molecular weight excluding hydrogens is 324 g/mol. The van der Waals surface area contributed by atoms with Crippen LogP contribution in [0.5, 0.6) is 5.88 Å². The number of imide groups is 1. The zero-order valence-corrected chi connectivity index (χ0v) is 13.2. The maximum atomic E-state index is 12.3. The molecule has 1 saturated carbocycles. The Labute approximate surface area is 143 Å². The van der Waals surface area contributed by atoms with Crippen molar-refractivity contribution in [2.24, 2.45) is 0 Å². The van der Waals surface area contributed by atoms with Crippen molar-refractivity contribution in [3.05, 3.63) is 59.3 Å². The van der Waals surface area contributed by atoms with Gasteiger partial charge in [-0.25, -0.2) is 9.78 Å². The molecule has 1 aliphatic heterocycles. The van der Waals surface area contributed by atoms with Crippen LogP contribution in [-0.4, -0.2) is 33.9 Å². The van der Waals surface area contributed by atoms with Crippen LogP contribution in [0.1, 0.15) is 50.3 Å². The van der Waals surface area contributed by atoms with Gasteiger partial charge in [0.2, 0.25) is 5.88 Å². The highest BCUT2D eigenvalue weighted by atomic mass is 16.7. The molecule has 7 heteroatoms. The van der Waals surface area contributed by atoms with Crippen LogP contribution in [0, 0.1) is 0 Å². The molecule has 126 valence electrons. The van der Waals surface area contributed by atoms with Crippen molar-refractivity contribution in [1.29, 1.82) is 0 Å². The first-order valence-corrected chi connectivity index (χ1v) is 7.96. The van der Waals surface area contributed by atoms with Gasteiger partial charge in [0.1, 0.15) is 6.10 Å². The van der Waals surface area contributed by atoms with Crippen molar-refractivity contribution in [1.82, 2.24) is 10.0 Å². The quantitative estimate of drug-likeness (QED) is 0.796. The van der Waals surface area contributed by atoms with E-state index in [2.05, 4.69) is 4.98 Å². The van der Waals surface area contributed by atoms with Gasteiger partial charge in [-0.15, -0.1) is 0 Å². The molecule has 1 aromatic carbocycles. The molecule has 2 heterocycles. The highest BCUT2D eigenvalue weighted by Crippen LogP contribution is 2.25. The van der Waals surface area contributed by atoms with Gasteiger partial charge in [0.05, 0.1) is 16.7 Å². The van der Waals surface area contributed by atoms with Gasteiger partial charge in [-0.1, -0.05) is 17.2 Å². The highest BCUT2D eigenvalue weighted by molar-refractivity contribution is 6.21. The lowest BCUT2D eigenvalue weighted by Gasteiger charge is -2.25. The topological polar surface area (TPSA) is 85.8 Å². The van der Waals surface area contributed by atoms with Crippen molar-refractivity contribution in [2.75, 3.05) is 0 Å². The van der Waals surface area contributed by atoms with Crippen LogP contribution >= 0.6 is 0 Å². The van der Waals surface area contributed by atoms with Crippen molar-refractivity contribution in [3.63, 3.8) is 0 Å². The Kier molecular flexibility index (Phi) is 3.68. The van der Waals surface area contributed by atoms with Gasteiger partial charge >= 0.3 is 5.97 Å². The summed E-state index contributed by atoms with van der Waals surface area (Å²) < 4.78 is 5.64. The number of rotatable bonds is 4. The number of benzene rings is 1. The molecule has 4 rings (SSSR count). The number of pyridine rings is 1. The average Bonchev–Trinajstić information content (AvgIpc) is 2.84. The number of aromatic nitrogens is 1. The Balaban J connectivity index is 1.50. The van der Waals surface area contributed by atoms with Gasteiger partial charge in [-0.3, -0.25) is 9.59 Å². The SMILES string of the molecule is O=C(ON1C(=O)c2ccccc2C1=O)c1ccnc(OC2CCC2)c1. The van der Waals surface area contributed by atoms with E-state index in [-0.39, 0.29) is 22.8 Å². The van der Waals surface area contributed by atoms with Crippen molar-refractivity contribution < 1.29 is 24.0 Å². The third-order valence-electron chi connectivity index (χ3n) is 4.24. The number of ether oxygens (including phenoxy) is 1. The molecule has 2 amide bonds. The molecule has 0 saturated heterocycles. The van der Waals surface area contributed by atoms with Crippen LogP contribution < -0.4 is 4.74 Å². The second-order valence-electron chi connectivity index (χ2n) is 5.88. The summed E-state index contributed by atoms with van der Waals surface area (Å²) in [5.74, 6) is -1.82. The van der Waals surface area contributed by atoms with E-state index in [1.54, 1.807) is 12.1 Å². The molecule has 0 N–H and O–H groups in total. The average molecular weight is 338 g/mol. The van der Waals surface area contributed by atoms with Crippen LogP contribution in [0.2, 0.25) is 0 Å². The van der Waals surface area contributed by atoms with E-state index in [1.807, 2.05) is 0 Å². The van der Waals surface area contributed by atoms with Gasteiger partial charge in [0, 0.05) is 12.3 Å². The Morgan fingerprint density at radius 3 is 2.36 bits per heavy atom. The van der Waals surface area contributed by atoms with Gasteiger partial charge in [0.25, 0.3) is 11.8 Å². The fourth-order valence-electron chi connectivity index (χ4n) is 2.65. The minimum Gasteiger partial charge on any atom is -0.474 e. The molecule has 25 heavy (non-hydrogen) atoms. The molecule has 2 aromatic rings. The van der Waals surface area contributed by atoms with E-state index in [1.165, 1.54) is 30.5 Å². The first-order chi connectivity index (χ1) is 12.1. The second-order valence-corrected chi connectivity index (χ2v) is 5.88. The zero-order valence-electron chi connectivity index (χ0n) is 13.2. The van der Waals surface area contributed by atoms with Gasteiger partial charge in [0.15, 0.2) is 0 Å². The predicted octanol–water partition coefficient (Wildman–Crippen LogP) is 2.38. The lowest BCUT2D eigenvalue weighted by molar-refractivity contribution is -0.0584. The van der Waals surface area contributed by atoms with Crippen molar-refractivity contribution >= 4 is 17.8 Å². The number of hydrogen-bond donors (Lipinski definition) is 0. The molecule has 0 spiro atoms. The summed E-state index contributed by atoms with van der Waals surface area (Å²) >= 11 is 0. The second kappa shape index (κ2) is 6.01. The Hall–Kier alpha value is -3.22. The number of nitrogens with zero attached hydrogens (tertiary/aromatic N) is 2. The highest BCUT2D eigenvalue weighted by Gasteiger charge is 2.38. The van der Waals surface area contributed by atoms with E-state index in [0.717, 1.165) is 19.3 Å². The zero-order chi connectivity index (χ0) is 17.4. The molecule has 1 aromatic heterocycles. The number of carbonyl (C=O) groups excluding carboxylic acids is 3. The smallest absolute Gasteiger partial charge is 0.364 e. The summed E-state index contributed by atoms with van der Waals surface area (Å²) in [5.41, 5.74) is 0.578. The number of hydrogen-bond acceptors (Lipinski definition) is 6. The minimum absolute atomic E-state index is 0.120. The largest absolute Gasteiger partial charge is 0.474 e. The van der Waals surface area contributed by atoms with Crippen molar-refractivity contribution in [2.45, 2.75) is 25.4 Å². The minimum atomic E-state index is -0.824. The van der Waals surface area contributed by atoms with E-state index >= 15 is 0 Å². The molecule has 7 nitrogen and oxygen atoms in total. The molecule has 0 bridgehead atoms. The van der Waals surface area contributed by atoms with Crippen LogP contribution in [0.25, 0.3) is 0 Å². The third-order valence-corrected chi connectivity index (χ3v) is 4.24. The molecule has 1 aliphatic carbocycles. The molecule has 1 fully saturated rings. The molecule has 0 unspecified atom stereocenters. The van der Waals surface area contributed by atoms with Gasteiger partial charge < -0.3 is 9.57 Å². The Morgan fingerprint density at radius 1 is 1.08 bits per heavy atom. The monoisotopic (exact) mass is 338 g/mol. The number of fused-ring (bicyclic) bond motifs is 1. The Bertz CT molecular complexity index is 840. The van der Waals surface area contributed by atoms with Gasteiger partial charge in [-0.2, -0.15) is 0 Å². The summed E-state index contributed by atoms with van der Waals surface area (Å²) in [4.78, 5) is 45.8. The summed E-state index contributed by atoms with van der Waals surface area (Å²) in [6, 6.07) is 9.19. The first-order valence-electron chi connectivity index (χ1n) is 7.96. The lowest BCUT2D eigenvalue weighted by atomic mass is 9.96. The van der Waals surface area contributed by atoms with Crippen molar-refractivity contribution in [3.8, 4) is 5.88 Å². The third kappa shape index (κ3) is 2.73. The normalized spacial score (nSPS) is 16.4.